The first-order valence-electron chi connectivity index (χ1n) is 4.82. The van der Waals surface area contributed by atoms with Gasteiger partial charge in [-0.1, -0.05) is 24.3 Å². The van der Waals surface area contributed by atoms with E-state index in [0.717, 1.165) is 21.8 Å². The minimum absolute atomic E-state index is 0. The van der Waals surface area contributed by atoms with Crippen LogP contribution in [-0.4, -0.2) is 10.1 Å². The number of phenolic OH excluding ortho intramolecular Hbond substituents is 1. The van der Waals surface area contributed by atoms with Crippen molar-refractivity contribution in [3.8, 4) is 5.75 Å². The van der Waals surface area contributed by atoms with Crippen molar-refractivity contribution >= 4 is 21.8 Å². The number of para-hydroxylation sites is 1. The summed E-state index contributed by atoms with van der Waals surface area (Å²) < 4.78 is 0. The maximum atomic E-state index is 9.69. The van der Waals surface area contributed by atoms with E-state index in [1.807, 2.05) is 36.4 Å². The van der Waals surface area contributed by atoms with Crippen LogP contribution in [0.1, 0.15) is 1.43 Å². The average Bonchev–Trinajstić information content (AvgIpc) is 2.27. The Morgan fingerprint density at radius 1 is 0.938 bits per heavy atom. The molecule has 0 radical (unpaired) electrons. The molecule has 0 aliphatic heterocycles. The zero-order valence-corrected chi connectivity index (χ0v) is 11.0. The molecule has 2 aromatic carbocycles. The summed E-state index contributed by atoms with van der Waals surface area (Å²) in [6.45, 7) is 0. The van der Waals surface area contributed by atoms with Gasteiger partial charge in [-0.15, -0.1) is 0 Å². The number of rotatable bonds is 0. The molecule has 1 aromatic heterocycles. The van der Waals surface area contributed by atoms with E-state index in [1.165, 1.54) is 0 Å². The summed E-state index contributed by atoms with van der Waals surface area (Å²) in [6, 6.07) is 15.2. The minimum atomic E-state index is 0. The number of hydrogen-bond acceptors (Lipinski definition) is 2. The predicted octanol–water partition coefficient (Wildman–Crippen LogP) is 0.210. The minimum Gasteiger partial charge on any atom is -1.00 e. The molecule has 74 valence electrons. The molecule has 0 bridgehead atoms. The molecule has 2 nitrogen and oxygen atoms in total. The summed E-state index contributed by atoms with van der Waals surface area (Å²) in [5, 5.41) is 11.5. The van der Waals surface area contributed by atoms with Crippen molar-refractivity contribution in [1.82, 2.24) is 4.98 Å². The molecule has 0 aliphatic rings. The number of aromatic nitrogens is 1. The van der Waals surface area contributed by atoms with E-state index in [2.05, 4.69) is 4.98 Å². The number of aromatic hydroxyl groups is 1. The van der Waals surface area contributed by atoms with Gasteiger partial charge >= 0.3 is 29.6 Å². The van der Waals surface area contributed by atoms with Gasteiger partial charge < -0.3 is 6.53 Å². The molecule has 0 aliphatic carbocycles. The monoisotopic (exact) mass is 219 g/mol. The molecule has 1 heterocycles. The number of hydrogen-bond donors (Lipinski definition) is 1. The zero-order valence-electron chi connectivity index (χ0n) is 10.0. The van der Waals surface area contributed by atoms with Crippen LogP contribution in [0, 0.1) is 0 Å². The first-order valence-corrected chi connectivity index (χ1v) is 4.82. The molecule has 0 saturated heterocycles. The SMILES string of the molecule is Oc1cccc2nc3ccccc3cc12.[H-].[Na+]. The molecule has 0 atom stereocenters. The molecule has 0 fully saturated rings. The number of fused-ring (bicyclic) bond motifs is 2. The molecule has 3 heteroatoms. The Hall–Kier alpha value is -1.09. The Morgan fingerprint density at radius 2 is 1.69 bits per heavy atom. The van der Waals surface area contributed by atoms with Crippen molar-refractivity contribution in [3.63, 3.8) is 0 Å². The fraction of sp³-hybridized carbons (Fsp3) is 0. The second-order valence-corrected chi connectivity index (χ2v) is 3.52. The van der Waals surface area contributed by atoms with Crippen molar-refractivity contribution < 1.29 is 36.1 Å². The van der Waals surface area contributed by atoms with E-state index >= 15 is 0 Å². The third-order valence-corrected chi connectivity index (χ3v) is 2.54. The van der Waals surface area contributed by atoms with E-state index in [0.29, 0.717) is 0 Å². The Morgan fingerprint density at radius 3 is 2.56 bits per heavy atom. The number of pyridine rings is 1. The fourth-order valence-electron chi connectivity index (χ4n) is 1.78. The summed E-state index contributed by atoms with van der Waals surface area (Å²) in [6.07, 6.45) is 0. The largest absolute Gasteiger partial charge is 1.00 e. The van der Waals surface area contributed by atoms with Gasteiger partial charge in [-0.3, -0.25) is 0 Å². The average molecular weight is 219 g/mol. The Balaban J connectivity index is 0.000000722. The van der Waals surface area contributed by atoms with Crippen molar-refractivity contribution in [1.29, 1.82) is 0 Å². The van der Waals surface area contributed by atoms with Gasteiger partial charge in [-0.05, 0) is 24.3 Å². The second kappa shape index (κ2) is 4.42. The molecule has 3 aromatic rings. The first-order chi connectivity index (χ1) is 7.34. The summed E-state index contributed by atoms with van der Waals surface area (Å²) >= 11 is 0. The predicted molar refractivity (Wildman–Crippen MR) is 62.0 cm³/mol. The van der Waals surface area contributed by atoms with E-state index in [1.54, 1.807) is 12.1 Å². The van der Waals surface area contributed by atoms with Crippen LogP contribution in [0.5, 0.6) is 5.75 Å². The standard InChI is InChI=1S/C13H9NO.Na.H/c15-13-7-3-6-12-10(13)8-9-4-1-2-5-11(9)14-12;;/h1-8,15H;;/q;+1;-1. The van der Waals surface area contributed by atoms with Gasteiger partial charge in [0.05, 0.1) is 11.0 Å². The first kappa shape index (κ1) is 11.4. The molecule has 1 N–H and O–H groups in total. The van der Waals surface area contributed by atoms with E-state index < -0.39 is 0 Å². The number of nitrogens with zero attached hydrogens (tertiary/aromatic N) is 1. The van der Waals surface area contributed by atoms with Gasteiger partial charge in [0, 0.05) is 10.8 Å². The Labute approximate surface area is 117 Å². The molecule has 3 rings (SSSR count). The molecular formula is C13H10NNaO. The zero-order chi connectivity index (χ0) is 10.3. The van der Waals surface area contributed by atoms with Gasteiger partial charge in [0.15, 0.2) is 0 Å². The normalized spacial score (nSPS) is 10.2. The van der Waals surface area contributed by atoms with E-state index in [-0.39, 0.29) is 36.7 Å². The third-order valence-electron chi connectivity index (χ3n) is 2.54. The van der Waals surface area contributed by atoms with Crippen molar-refractivity contribution in [2.24, 2.45) is 0 Å². The van der Waals surface area contributed by atoms with Gasteiger partial charge in [-0.25, -0.2) is 4.98 Å². The molecule has 0 unspecified atom stereocenters. The Kier molecular flexibility index (Phi) is 3.15. The topological polar surface area (TPSA) is 33.1 Å². The van der Waals surface area contributed by atoms with E-state index in [9.17, 15) is 5.11 Å². The fourth-order valence-corrected chi connectivity index (χ4v) is 1.78. The summed E-state index contributed by atoms with van der Waals surface area (Å²) in [5.74, 6) is 0.283. The smallest absolute Gasteiger partial charge is 1.00 e. The van der Waals surface area contributed by atoms with Crippen LogP contribution in [-0.2, 0) is 0 Å². The Bertz CT molecular complexity index is 657. The maximum Gasteiger partial charge on any atom is 1.00 e. The number of benzene rings is 2. The van der Waals surface area contributed by atoms with Crippen molar-refractivity contribution in [2.75, 3.05) is 0 Å². The van der Waals surface area contributed by atoms with Gasteiger partial charge in [0.2, 0.25) is 0 Å². The van der Waals surface area contributed by atoms with Crippen LogP contribution in [0.15, 0.2) is 48.5 Å². The summed E-state index contributed by atoms with van der Waals surface area (Å²) in [4.78, 5) is 4.48. The molecule has 0 spiro atoms. The van der Waals surface area contributed by atoms with Crippen LogP contribution < -0.4 is 29.6 Å². The molecule has 0 amide bonds. The maximum absolute atomic E-state index is 9.69. The second-order valence-electron chi connectivity index (χ2n) is 3.52. The molecule has 0 saturated carbocycles. The van der Waals surface area contributed by atoms with Crippen LogP contribution in [0.3, 0.4) is 0 Å². The van der Waals surface area contributed by atoms with Crippen LogP contribution in [0.25, 0.3) is 21.8 Å². The van der Waals surface area contributed by atoms with Gasteiger partial charge in [0.25, 0.3) is 0 Å². The van der Waals surface area contributed by atoms with Crippen LogP contribution in [0.4, 0.5) is 0 Å². The summed E-state index contributed by atoms with van der Waals surface area (Å²) in [5.41, 5.74) is 1.78. The van der Waals surface area contributed by atoms with Crippen LogP contribution >= 0.6 is 0 Å². The summed E-state index contributed by atoms with van der Waals surface area (Å²) in [7, 11) is 0. The van der Waals surface area contributed by atoms with Gasteiger partial charge in [0.1, 0.15) is 5.75 Å². The molecule has 16 heavy (non-hydrogen) atoms. The quantitative estimate of drug-likeness (QED) is 0.433. The van der Waals surface area contributed by atoms with Crippen LogP contribution in [0.2, 0.25) is 0 Å². The third kappa shape index (κ3) is 1.80. The van der Waals surface area contributed by atoms with Crippen molar-refractivity contribution in [3.05, 3.63) is 48.5 Å². The number of phenols is 1. The molecular weight excluding hydrogens is 209 g/mol. The van der Waals surface area contributed by atoms with Gasteiger partial charge in [-0.2, -0.15) is 0 Å². The van der Waals surface area contributed by atoms with E-state index in [4.69, 9.17) is 0 Å². The van der Waals surface area contributed by atoms with Crippen molar-refractivity contribution in [2.45, 2.75) is 0 Å².